The quantitative estimate of drug-likeness (QED) is 0.0595. The Labute approximate surface area is 426 Å². The molecule has 8 aromatic carbocycles. The third kappa shape index (κ3) is 14.1. The smallest absolute Gasteiger partial charge is 0.411 e. The summed E-state index contributed by atoms with van der Waals surface area (Å²) in [6, 6.07) is 80.6. The molecule has 0 aliphatic rings. The van der Waals surface area contributed by atoms with E-state index in [0.29, 0.717) is 0 Å². The number of rotatable bonds is 23. The fourth-order valence-electron chi connectivity index (χ4n) is 8.88. The molecule has 1 amide bonds. The maximum Gasteiger partial charge on any atom is 0.411 e. The molecule has 8 rings (SSSR count). The van der Waals surface area contributed by atoms with Crippen molar-refractivity contribution in [2.45, 2.75) is 82.7 Å². The summed E-state index contributed by atoms with van der Waals surface area (Å²) >= 11 is 0. The van der Waals surface area contributed by atoms with Crippen LogP contribution >= 0.6 is 0 Å². The van der Waals surface area contributed by atoms with E-state index in [0.717, 1.165) is 44.5 Å². The number of amides is 1. The van der Waals surface area contributed by atoms with Crippen molar-refractivity contribution >= 4 is 12.2 Å². The number of hydrogen-bond donors (Lipinski definition) is 0. The van der Waals surface area contributed by atoms with E-state index in [-0.39, 0.29) is 33.0 Å². The van der Waals surface area contributed by atoms with E-state index < -0.39 is 41.6 Å². The third-order valence-corrected chi connectivity index (χ3v) is 12.4. The summed E-state index contributed by atoms with van der Waals surface area (Å²) in [5.74, 6) is 0. The molecule has 8 aromatic rings. The first-order valence-corrected chi connectivity index (χ1v) is 24.8. The highest BCUT2D eigenvalue weighted by Gasteiger charge is 2.45. The van der Waals surface area contributed by atoms with Gasteiger partial charge in [-0.1, -0.05) is 255 Å². The maximum absolute atomic E-state index is 15.1. The maximum atomic E-state index is 15.1. The fraction of sp³-hybridized carbons (Fsp3) is 0.215. The average Bonchev–Trinajstić information content (AvgIpc) is 3.42. The molecule has 0 aromatic heterocycles. The molecule has 366 valence electrons. The highest BCUT2D eigenvalue weighted by Crippen LogP contribution is 2.41. The summed E-state index contributed by atoms with van der Waals surface area (Å²) in [6.07, 6.45) is 1.00. The Balaban J connectivity index is 1.34. The van der Waals surface area contributed by atoms with Gasteiger partial charge in [0.15, 0.2) is 0 Å². The Kier molecular flexibility index (Phi) is 18.2. The van der Waals surface area contributed by atoms with Gasteiger partial charge in [0.1, 0.15) is 29.5 Å². The van der Waals surface area contributed by atoms with Crippen LogP contribution in [-0.4, -0.2) is 47.6 Å². The van der Waals surface area contributed by atoms with E-state index in [1.54, 1.807) is 4.90 Å². The first-order valence-electron chi connectivity index (χ1n) is 24.8. The number of benzene rings is 8. The summed E-state index contributed by atoms with van der Waals surface area (Å²) in [6.45, 7) is 6.57. The average molecular weight is 956 g/mol. The van der Waals surface area contributed by atoms with Gasteiger partial charge in [-0.05, 0) is 65.3 Å². The molecule has 0 aliphatic carbocycles. The molecule has 0 heterocycles. The highest BCUT2D eigenvalue weighted by molar-refractivity contribution is 5.69. The van der Waals surface area contributed by atoms with Crippen LogP contribution in [0.25, 0.3) is 6.08 Å². The summed E-state index contributed by atoms with van der Waals surface area (Å²) < 4.78 is 36.1. The standard InChI is InChI=1S/C65H65NO6/c1-64(2,3)72-63(67)66(46-52-30-14-5-15-31-52)59(45-44-51-28-12-4-13-29-51)61(69-48-54-34-18-7-19-35-54)62(70-49-55-36-20-8-21-37-55)60(68-47-53-32-16-6-17-33-53)50-71-65(56-38-22-9-23-39-56,57-40-24-10-25-41-57)58-42-26-11-27-43-58/h4-45,59-62H,46-50H2,1-3H3/b45-44+/t59-,60-,61-,62+/m1/s1. The summed E-state index contributed by atoms with van der Waals surface area (Å²) in [5, 5.41) is 0. The zero-order chi connectivity index (χ0) is 49.9. The SMILES string of the molecule is CC(C)(C)OC(=O)N(Cc1ccccc1)[C@H](/C=C/c1ccccc1)[C@@H](OCc1ccccc1)[C@@H](OCc1ccccc1)[C@@H](COC(c1ccccc1)(c1ccccc1)c1ccccc1)OCc1ccccc1. The van der Waals surface area contributed by atoms with Crippen LogP contribution in [-0.2, 0) is 55.7 Å². The van der Waals surface area contributed by atoms with Gasteiger partial charge in [-0.3, -0.25) is 4.90 Å². The van der Waals surface area contributed by atoms with Crippen molar-refractivity contribution < 1.29 is 28.5 Å². The molecule has 0 saturated carbocycles. The number of hydrogen-bond acceptors (Lipinski definition) is 6. The zero-order valence-corrected chi connectivity index (χ0v) is 41.5. The van der Waals surface area contributed by atoms with E-state index in [9.17, 15) is 0 Å². The van der Waals surface area contributed by atoms with Gasteiger partial charge in [-0.2, -0.15) is 0 Å². The lowest BCUT2D eigenvalue weighted by Crippen LogP contribution is -2.56. The van der Waals surface area contributed by atoms with Gasteiger partial charge >= 0.3 is 6.09 Å². The number of nitrogens with zero attached hydrogens (tertiary/aromatic N) is 1. The predicted octanol–water partition coefficient (Wildman–Crippen LogP) is 14.3. The van der Waals surface area contributed by atoms with Crippen LogP contribution in [0.3, 0.4) is 0 Å². The van der Waals surface area contributed by atoms with E-state index in [1.165, 1.54) is 0 Å². The summed E-state index contributed by atoms with van der Waals surface area (Å²) in [4.78, 5) is 16.9. The zero-order valence-electron chi connectivity index (χ0n) is 41.5. The lowest BCUT2D eigenvalue weighted by atomic mass is 9.80. The lowest BCUT2D eigenvalue weighted by Gasteiger charge is -2.43. The van der Waals surface area contributed by atoms with Gasteiger partial charge in [-0.25, -0.2) is 4.79 Å². The molecular formula is C65H65NO6. The molecule has 7 nitrogen and oxygen atoms in total. The van der Waals surface area contributed by atoms with E-state index in [1.807, 2.05) is 227 Å². The third-order valence-electron chi connectivity index (χ3n) is 12.4. The van der Waals surface area contributed by atoms with Gasteiger partial charge in [0.25, 0.3) is 0 Å². The van der Waals surface area contributed by atoms with Crippen LogP contribution < -0.4 is 0 Å². The van der Waals surface area contributed by atoms with Crippen molar-refractivity contribution in [3.63, 3.8) is 0 Å². The summed E-state index contributed by atoms with van der Waals surface area (Å²) in [5.41, 5.74) is 5.71. The van der Waals surface area contributed by atoms with Crippen LogP contribution in [0.5, 0.6) is 0 Å². The van der Waals surface area contributed by atoms with Crippen molar-refractivity contribution in [3.05, 3.63) is 293 Å². The number of carbonyl (C=O) groups is 1. The van der Waals surface area contributed by atoms with Crippen LogP contribution in [0.15, 0.2) is 249 Å². The molecule has 0 radical (unpaired) electrons. The minimum absolute atomic E-state index is 0.0381. The van der Waals surface area contributed by atoms with Gasteiger partial charge in [0.2, 0.25) is 0 Å². The molecule has 7 heteroatoms. The van der Waals surface area contributed by atoms with Crippen molar-refractivity contribution in [2.24, 2.45) is 0 Å². The Hall–Kier alpha value is -7.39. The predicted molar refractivity (Wildman–Crippen MR) is 288 cm³/mol. The van der Waals surface area contributed by atoms with Crippen molar-refractivity contribution in [1.82, 2.24) is 4.90 Å². The molecule has 0 spiro atoms. The second-order valence-electron chi connectivity index (χ2n) is 18.8. The van der Waals surface area contributed by atoms with E-state index in [2.05, 4.69) is 48.5 Å². The largest absolute Gasteiger partial charge is 0.444 e. The molecule has 0 N–H and O–H groups in total. The molecule has 4 atom stereocenters. The van der Waals surface area contributed by atoms with Crippen LogP contribution in [0.4, 0.5) is 4.79 Å². The lowest BCUT2D eigenvalue weighted by molar-refractivity contribution is -0.185. The Bertz CT molecular complexity index is 2710. The first-order chi connectivity index (χ1) is 35.2. The topological polar surface area (TPSA) is 66.5 Å². The monoisotopic (exact) mass is 955 g/mol. The molecule has 0 fully saturated rings. The van der Waals surface area contributed by atoms with Crippen molar-refractivity contribution in [1.29, 1.82) is 0 Å². The Morgan fingerprint density at radius 3 is 1.24 bits per heavy atom. The number of carbonyl (C=O) groups excluding carboxylic acids is 1. The molecule has 0 bridgehead atoms. The Morgan fingerprint density at radius 2 is 0.819 bits per heavy atom. The van der Waals surface area contributed by atoms with Crippen LogP contribution in [0, 0.1) is 0 Å². The van der Waals surface area contributed by atoms with Gasteiger partial charge in [-0.15, -0.1) is 0 Å². The van der Waals surface area contributed by atoms with Crippen molar-refractivity contribution in [2.75, 3.05) is 6.61 Å². The first kappa shape index (κ1) is 51.0. The molecule has 72 heavy (non-hydrogen) atoms. The second kappa shape index (κ2) is 25.6. The summed E-state index contributed by atoms with van der Waals surface area (Å²) in [7, 11) is 0. The Morgan fingerprint density at radius 1 is 0.458 bits per heavy atom. The fourth-order valence-corrected chi connectivity index (χ4v) is 8.88. The minimum atomic E-state index is -1.09. The van der Waals surface area contributed by atoms with Gasteiger partial charge in [0.05, 0.1) is 32.5 Å². The molecule has 0 unspecified atom stereocenters. The van der Waals surface area contributed by atoms with E-state index in [4.69, 9.17) is 23.7 Å². The van der Waals surface area contributed by atoms with Crippen LogP contribution in [0.2, 0.25) is 0 Å². The van der Waals surface area contributed by atoms with E-state index >= 15 is 4.79 Å². The van der Waals surface area contributed by atoms with Crippen LogP contribution in [0.1, 0.15) is 65.3 Å². The van der Waals surface area contributed by atoms with Crippen molar-refractivity contribution in [3.8, 4) is 0 Å². The highest BCUT2D eigenvalue weighted by atomic mass is 16.6. The molecular weight excluding hydrogens is 891 g/mol. The molecule has 0 aliphatic heterocycles. The van der Waals surface area contributed by atoms with Gasteiger partial charge < -0.3 is 23.7 Å². The van der Waals surface area contributed by atoms with Gasteiger partial charge in [0, 0.05) is 6.54 Å². The number of ether oxygens (including phenoxy) is 5. The second-order valence-corrected chi connectivity index (χ2v) is 18.8. The molecule has 0 saturated heterocycles. The minimum Gasteiger partial charge on any atom is -0.444 e. The normalized spacial score (nSPS) is 13.5.